The largest absolute Gasteiger partial charge is 0.492 e. The van der Waals surface area contributed by atoms with Gasteiger partial charge in [0.2, 0.25) is 5.88 Å². The highest BCUT2D eigenvalue weighted by atomic mass is 16.5. The Balaban J connectivity index is 1.50. The summed E-state index contributed by atoms with van der Waals surface area (Å²) in [7, 11) is 0. The van der Waals surface area contributed by atoms with Gasteiger partial charge in [0.1, 0.15) is 12.4 Å². The average molecular weight is 435 g/mol. The van der Waals surface area contributed by atoms with E-state index >= 15 is 0 Å². The zero-order chi connectivity index (χ0) is 22.5. The average Bonchev–Trinajstić information content (AvgIpc) is 3.20. The zero-order valence-corrected chi connectivity index (χ0v) is 17.8. The summed E-state index contributed by atoms with van der Waals surface area (Å²) in [6, 6.07) is 14.2. The van der Waals surface area contributed by atoms with Crippen LogP contribution in [-0.2, 0) is 4.79 Å². The van der Waals surface area contributed by atoms with Gasteiger partial charge in [-0.2, -0.15) is 0 Å². The lowest BCUT2D eigenvalue weighted by Crippen LogP contribution is -2.37. The smallest absolute Gasteiger partial charge is 0.274 e. The first-order valence-corrected chi connectivity index (χ1v) is 10.5. The number of allylic oxidation sites excluding steroid dienone is 1. The van der Waals surface area contributed by atoms with E-state index in [4.69, 9.17) is 14.4 Å². The van der Waals surface area contributed by atoms with Crippen LogP contribution in [0.15, 0.2) is 65.1 Å². The molecule has 1 aromatic heterocycles. The maximum Gasteiger partial charge on any atom is 0.274 e. The van der Waals surface area contributed by atoms with Gasteiger partial charge in [-0.05, 0) is 49.8 Å². The summed E-state index contributed by atoms with van der Waals surface area (Å²) in [5.74, 6) is 0.218. The number of ether oxygens (including phenoxy) is 1. The van der Waals surface area contributed by atoms with Gasteiger partial charge in [0.25, 0.3) is 11.8 Å². The Kier molecular flexibility index (Phi) is 6.42. The maximum atomic E-state index is 12.7. The van der Waals surface area contributed by atoms with E-state index in [-0.39, 0.29) is 19.1 Å². The molecule has 0 aliphatic carbocycles. The highest BCUT2D eigenvalue weighted by Gasteiger charge is 2.22. The van der Waals surface area contributed by atoms with Crippen LogP contribution in [0, 0.1) is 0 Å². The molecular formula is C24H25N3O5. The Bertz CT molecular complexity index is 1130. The molecule has 0 bridgehead atoms. The molecule has 2 aromatic carbocycles. The molecule has 0 saturated carbocycles. The number of hydroxylamine groups is 1. The molecule has 8 heteroatoms. The molecule has 2 heterocycles. The molecule has 0 radical (unpaired) electrons. The van der Waals surface area contributed by atoms with Gasteiger partial charge < -0.3 is 14.1 Å². The number of carbonyl (C=O) groups excluding carboxylic acids is 2. The Hall–Kier alpha value is -3.78. The minimum absolute atomic E-state index is 0.198. The summed E-state index contributed by atoms with van der Waals surface area (Å²) in [6.45, 7) is 4.30. The van der Waals surface area contributed by atoms with E-state index in [0.29, 0.717) is 17.2 Å². The van der Waals surface area contributed by atoms with Crippen molar-refractivity contribution in [3.05, 3.63) is 66.2 Å². The molecular weight excluding hydrogens is 410 g/mol. The van der Waals surface area contributed by atoms with E-state index < -0.39 is 5.91 Å². The van der Waals surface area contributed by atoms with Crippen molar-refractivity contribution in [1.29, 1.82) is 0 Å². The van der Waals surface area contributed by atoms with Crippen LogP contribution in [0.4, 0.5) is 11.6 Å². The maximum absolute atomic E-state index is 12.7. The SMILES string of the molecule is CC=CC(=O)N(CCOc1ccc(C(=O)NO)cc1)c1cc2cccc(N3CCC3)c2o1. The number of anilines is 2. The number of rotatable bonds is 8. The van der Waals surface area contributed by atoms with Gasteiger partial charge in [0.15, 0.2) is 5.58 Å². The molecule has 1 aliphatic rings. The van der Waals surface area contributed by atoms with Crippen LogP contribution in [0.2, 0.25) is 0 Å². The van der Waals surface area contributed by atoms with Gasteiger partial charge >= 0.3 is 0 Å². The van der Waals surface area contributed by atoms with Crippen LogP contribution >= 0.6 is 0 Å². The van der Waals surface area contributed by atoms with E-state index in [1.54, 1.807) is 47.6 Å². The summed E-state index contributed by atoms with van der Waals surface area (Å²) < 4.78 is 11.9. The summed E-state index contributed by atoms with van der Waals surface area (Å²) in [4.78, 5) is 28.0. The number of para-hydroxylation sites is 1. The van der Waals surface area contributed by atoms with Crippen molar-refractivity contribution in [3.63, 3.8) is 0 Å². The van der Waals surface area contributed by atoms with Crippen molar-refractivity contribution in [2.45, 2.75) is 13.3 Å². The lowest BCUT2D eigenvalue weighted by atomic mass is 10.1. The molecule has 1 saturated heterocycles. The third kappa shape index (κ3) is 4.45. The topological polar surface area (TPSA) is 95.2 Å². The molecule has 1 fully saturated rings. The van der Waals surface area contributed by atoms with Gasteiger partial charge in [-0.25, -0.2) is 5.48 Å². The second-order valence-corrected chi connectivity index (χ2v) is 7.42. The van der Waals surface area contributed by atoms with E-state index in [2.05, 4.69) is 4.90 Å². The summed E-state index contributed by atoms with van der Waals surface area (Å²) >= 11 is 0. The van der Waals surface area contributed by atoms with Crippen LogP contribution in [-0.4, -0.2) is 43.3 Å². The molecule has 2 N–H and O–H groups in total. The Morgan fingerprint density at radius 2 is 2.00 bits per heavy atom. The normalized spacial score (nSPS) is 13.2. The molecule has 3 aromatic rings. The van der Waals surface area contributed by atoms with Crippen molar-refractivity contribution < 1.29 is 24.0 Å². The third-order valence-electron chi connectivity index (χ3n) is 5.35. The number of hydrogen-bond donors (Lipinski definition) is 2. The monoisotopic (exact) mass is 435 g/mol. The minimum atomic E-state index is -0.595. The van der Waals surface area contributed by atoms with Crippen LogP contribution in [0.3, 0.4) is 0 Å². The fourth-order valence-corrected chi connectivity index (χ4v) is 3.56. The predicted molar refractivity (Wildman–Crippen MR) is 121 cm³/mol. The third-order valence-corrected chi connectivity index (χ3v) is 5.35. The van der Waals surface area contributed by atoms with E-state index in [1.807, 2.05) is 24.3 Å². The number of benzene rings is 2. The second-order valence-electron chi connectivity index (χ2n) is 7.42. The van der Waals surface area contributed by atoms with Crippen molar-refractivity contribution in [3.8, 4) is 5.75 Å². The number of fused-ring (bicyclic) bond motifs is 1. The minimum Gasteiger partial charge on any atom is -0.492 e. The molecule has 1 aliphatic heterocycles. The van der Waals surface area contributed by atoms with E-state index in [9.17, 15) is 9.59 Å². The van der Waals surface area contributed by atoms with Gasteiger partial charge in [-0.1, -0.05) is 18.2 Å². The van der Waals surface area contributed by atoms with Gasteiger partial charge in [-0.3, -0.25) is 19.7 Å². The number of nitrogens with zero attached hydrogens (tertiary/aromatic N) is 2. The number of hydrogen-bond acceptors (Lipinski definition) is 6. The molecule has 166 valence electrons. The number of amides is 2. The summed E-state index contributed by atoms with van der Waals surface area (Å²) in [6.07, 6.45) is 4.35. The Morgan fingerprint density at radius 3 is 2.66 bits per heavy atom. The molecule has 0 spiro atoms. The van der Waals surface area contributed by atoms with Crippen molar-refractivity contribution in [1.82, 2.24) is 5.48 Å². The number of carbonyl (C=O) groups is 2. The number of nitrogens with one attached hydrogen (secondary N) is 1. The van der Waals surface area contributed by atoms with E-state index in [1.165, 1.54) is 12.5 Å². The summed E-state index contributed by atoms with van der Waals surface area (Å²) in [5, 5.41) is 9.64. The second kappa shape index (κ2) is 9.57. The lowest BCUT2D eigenvalue weighted by molar-refractivity contribution is -0.114. The highest BCUT2D eigenvalue weighted by molar-refractivity contribution is 6.02. The quantitative estimate of drug-likeness (QED) is 0.318. The fraction of sp³-hybridized carbons (Fsp3) is 0.250. The molecule has 8 nitrogen and oxygen atoms in total. The molecule has 32 heavy (non-hydrogen) atoms. The van der Waals surface area contributed by atoms with Crippen LogP contribution in [0.1, 0.15) is 23.7 Å². The first-order valence-electron chi connectivity index (χ1n) is 10.5. The molecule has 0 atom stereocenters. The van der Waals surface area contributed by atoms with Crippen molar-refractivity contribution in [2.75, 3.05) is 36.0 Å². The molecule has 2 amide bonds. The van der Waals surface area contributed by atoms with E-state index in [0.717, 1.165) is 29.7 Å². The first kappa shape index (κ1) is 21.5. The van der Waals surface area contributed by atoms with Crippen molar-refractivity contribution >= 4 is 34.4 Å². The molecule has 0 unspecified atom stereocenters. The fourth-order valence-electron chi connectivity index (χ4n) is 3.56. The van der Waals surface area contributed by atoms with Crippen LogP contribution in [0.25, 0.3) is 11.0 Å². The summed E-state index contributed by atoms with van der Waals surface area (Å²) in [5.41, 5.74) is 3.72. The number of furan rings is 1. The van der Waals surface area contributed by atoms with Crippen LogP contribution < -0.4 is 20.0 Å². The zero-order valence-electron chi connectivity index (χ0n) is 17.8. The standard InChI is InChI=1S/C24H25N3O5/c1-2-5-21(28)27(14-15-31-19-10-8-17(9-11-19)24(29)25-30)22-16-18-6-3-7-20(23(18)32-22)26-12-4-13-26/h2-3,5-11,16,30H,4,12-15H2,1H3,(H,25,29). The lowest BCUT2D eigenvalue weighted by Gasteiger charge is -2.33. The predicted octanol–water partition coefficient (Wildman–Crippen LogP) is 3.75. The highest BCUT2D eigenvalue weighted by Crippen LogP contribution is 2.35. The molecule has 4 rings (SSSR count). The van der Waals surface area contributed by atoms with Gasteiger partial charge in [0.05, 0.1) is 12.2 Å². The van der Waals surface area contributed by atoms with Gasteiger partial charge in [0, 0.05) is 30.1 Å². The first-order chi connectivity index (χ1) is 15.6. The Labute approximate surface area is 185 Å². The Morgan fingerprint density at radius 1 is 1.22 bits per heavy atom. The van der Waals surface area contributed by atoms with Crippen LogP contribution in [0.5, 0.6) is 5.75 Å². The van der Waals surface area contributed by atoms with Crippen molar-refractivity contribution in [2.24, 2.45) is 0 Å². The van der Waals surface area contributed by atoms with Gasteiger partial charge in [-0.15, -0.1) is 0 Å².